The van der Waals surface area contributed by atoms with Crippen LogP contribution in [0, 0.1) is 12.3 Å². The highest BCUT2D eigenvalue weighted by atomic mass is 16.1. The molecule has 0 bridgehead atoms. The summed E-state index contributed by atoms with van der Waals surface area (Å²) in [6.45, 7) is 0. The number of hydrogen-bond donors (Lipinski definition) is 0. The van der Waals surface area contributed by atoms with Crippen LogP contribution in [0.2, 0.25) is 0 Å². The molecule has 2 aliphatic heterocycles. The van der Waals surface area contributed by atoms with Gasteiger partial charge in [-0.1, -0.05) is 0 Å². The van der Waals surface area contributed by atoms with Gasteiger partial charge in [0, 0.05) is 24.6 Å². The van der Waals surface area contributed by atoms with Crippen molar-refractivity contribution in [2.75, 3.05) is 0 Å². The summed E-state index contributed by atoms with van der Waals surface area (Å²) in [6, 6.07) is -0.101. The molecule has 3 heteroatoms. The second-order valence-electron chi connectivity index (χ2n) is 2.95. The molecule has 0 saturated heterocycles. The van der Waals surface area contributed by atoms with E-state index >= 15 is 0 Å². The number of carbonyl (C=O) groups is 1. The number of rotatable bonds is 1. The van der Waals surface area contributed by atoms with Gasteiger partial charge in [0.25, 0.3) is 0 Å². The number of terminal acetylenes is 1. The predicted molar refractivity (Wildman–Crippen MR) is 50.9 cm³/mol. The second kappa shape index (κ2) is 2.98. The van der Waals surface area contributed by atoms with Crippen LogP contribution in [-0.2, 0) is 4.79 Å². The molecule has 0 fully saturated rings. The van der Waals surface area contributed by atoms with E-state index < -0.39 is 0 Å². The molecule has 0 aromatic heterocycles. The van der Waals surface area contributed by atoms with E-state index in [-0.39, 0.29) is 11.8 Å². The average molecular weight is 172 g/mol. The van der Waals surface area contributed by atoms with Gasteiger partial charge in [0.1, 0.15) is 6.04 Å². The zero-order valence-electron chi connectivity index (χ0n) is 7.03. The molecule has 0 radical (unpaired) electrons. The summed E-state index contributed by atoms with van der Waals surface area (Å²) in [6.07, 6.45) is 9.43. The second-order valence-corrected chi connectivity index (χ2v) is 2.95. The number of ketones is 1. The molecule has 0 aromatic rings. The van der Waals surface area contributed by atoms with Crippen molar-refractivity contribution < 1.29 is 4.79 Å². The zero-order chi connectivity index (χ0) is 9.26. The van der Waals surface area contributed by atoms with Crippen LogP contribution in [0.1, 0.15) is 12.8 Å². The number of hydrogen-bond acceptors (Lipinski definition) is 3. The van der Waals surface area contributed by atoms with Gasteiger partial charge in [-0.05, 0) is 0 Å². The highest BCUT2D eigenvalue weighted by molar-refractivity contribution is 6.37. The third kappa shape index (κ3) is 1.20. The number of Topliss-reactive ketones (excluding diaryl/α,β-unsaturated/α-hetero) is 1. The van der Waals surface area contributed by atoms with Crippen molar-refractivity contribution in [3.05, 3.63) is 11.3 Å². The molecule has 0 aromatic carbocycles. The Morgan fingerprint density at radius 2 is 2.54 bits per heavy atom. The van der Waals surface area contributed by atoms with Gasteiger partial charge >= 0.3 is 0 Å². The fourth-order valence-corrected chi connectivity index (χ4v) is 1.50. The first kappa shape index (κ1) is 7.93. The molecule has 64 valence electrons. The van der Waals surface area contributed by atoms with Gasteiger partial charge in [-0.3, -0.25) is 14.8 Å². The van der Waals surface area contributed by atoms with E-state index in [1.54, 1.807) is 6.21 Å². The highest BCUT2D eigenvalue weighted by Crippen LogP contribution is 2.26. The topological polar surface area (TPSA) is 41.8 Å². The van der Waals surface area contributed by atoms with E-state index in [0.29, 0.717) is 12.8 Å². The Labute approximate surface area is 76.3 Å². The minimum absolute atomic E-state index is 0.0271. The summed E-state index contributed by atoms with van der Waals surface area (Å²) >= 11 is 0. The van der Waals surface area contributed by atoms with Gasteiger partial charge in [0.05, 0.1) is 11.9 Å². The third-order valence-electron chi connectivity index (χ3n) is 2.13. The lowest BCUT2D eigenvalue weighted by Gasteiger charge is -2.14. The molecule has 1 unspecified atom stereocenters. The molecule has 2 heterocycles. The molecule has 3 nitrogen and oxygen atoms in total. The summed E-state index contributed by atoms with van der Waals surface area (Å²) in [5.74, 6) is 2.50. The van der Waals surface area contributed by atoms with Crippen molar-refractivity contribution in [1.29, 1.82) is 0 Å². The molecule has 2 aliphatic rings. The molecule has 0 spiro atoms. The maximum atomic E-state index is 11.3. The Kier molecular flexibility index (Phi) is 1.82. The van der Waals surface area contributed by atoms with Crippen molar-refractivity contribution >= 4 is 18.2 Å². The van der Waals surface area contributed by atoms with Crippen LogP contribution in [0.25, 0.3) is 0 Å². The number of carbonyl (C=O) groups excluding carboxylic acids is 1. The number of nitrogens with zero attached hydrogens (tertiary/aromatic N) is 2. The van der Waals surface area contributed by atoms with Crippen molar-refractivity contribution in [3.63, 3.8) is 0 Å². The highest BCUT2D eigenvalue weighted by Gasteiger charge is 2.26. The lowest BCUT2D eigenvalue weighted by Crippen LogP contribution is -2.18. The Morgan fingerprint density at radius 1 is 1.69 bits per heavy atom. The van der Waals surface area contributed by atoms with Gasteiger partial charge in [0.15, 0.2) is 0 Å². The van der Waals surface area contributed by atoms with E-state index in [1.165, 1.54) is 6.21 Å². The van der Waals surface area contributed by atoms with Crippen LogP contribution >= 0.6 is 0 Å². The molecule has 13 heavy (non-hydrogen) atoms. The largest absolute Gasteiger partial charge is 0.288 e. The normalized spacial score (nSPS) is 24.8. The van der Waals surface area contributed by atoms with Crippen LogP contribution in [0.3, 0.4) is 0 Å². The lowest BCUT2D eigenvalue weighted by molar-refractivity contribution is -0.109. The first-order chi connectivity index (χ1) is 6.33. The lowest BCUT2D eigenvalue weighted by atomic mass is 10.00. The molecule has 1 atom stereocenters. The third-order valence-corrected chi connectivity index (χ3v) is 2.13. The predicted octanol–water partition coefficient (Wildman–Crippen LogP) is 0.760. The van der Waals surface area contributed by atoms with E-state index in [1.807, 2.05) is 0 Å². The quantitative estimate of drug-likeness (QED) is 0.538. The van der Waals surface area contributed by atoms with Crippen molar-refractivity contribution in [1.82, 2.24) is 0 Å². The smallest absolute Gasteiger partial charge is 0.201 e. The Morgan fingerprint density at radius 3 is 3.31 bits per heavy atom. The van der Waals surface area contributed by atoms with E-state index in [0.717, 1.165) is 11.3 Å². The maximum Gasteiger partial charge on any atom is 0.201 e. The van der Waals surface area contributed by atoms with Crippen molar-refractivity contribution in [3.8, 4) is 12.3 Å². The average Bonchev–Trinajstić information content (AvgIpc) is 2.59. The Balaban J connectivity index is 2.33. The maximum absolute atomic E-state index is 11.3. The van der Waals surface area contributed by atoms with E-state index in [2.05, 4.69) is 15.9 Å². The summed E-state index contributed by atoms with van der Waals surface area (Å²) in [5.41, 5.74) is 1.53. The number of aliphatic imine (C=N–C) groups is 2. The minimum atomic E-state index is -0.101. The molecule has 2 rings (SSSR count). The van der Waals surface area contributed by atoms with Crippen LogP contribution in [0.15, 0.2) is 21.3 Å². The van der Waals surface area contributed by atoms with Gasteiger partial charge in [-0.15, -0.1) is 12.3 Å². The van der Waals surface area contributed by atoms with Crippen molar-refractivity contribution in [2.45, 2.75) is 18.9 Å². The van der Waals surface area contributed by atoms with Crippen molar-refractivity contribution in [2.24, 2.45) is 9.98 Å². The molecule has 0 aliphatic carbocycles. The Bertz CT molecular complexity index is 382. The monoisotopic (exact) mass is 172 g/mol. The van der Waals surface area contributed by atoms with Crippen LogP contribution in [0.4, 0.5) is 0 Å². The fraction of sp³-hybridized carbons (Fsp3) is 0.300. The molecular weight excluding hydrogens is 164 g/mol. The van der Waals surface area contributed by atoms with Gasteiger partial charge in [-0.2, -0.15) is 0 Å². The van der Waals surface area contributed by atoms with Gasteiger partial charge in [0.2, 0.25) is 5.78 Å². The number of dihydropyridines is 1. The minimum Gasteiger partial charge on any atom is -0.288 e. The van der Waals surface area contributed by atoms with Crippen LogP contribution < -0.4 is 0 Å². The molecular formula is C10H8N2O. The summed E-state index contributed by atoms with van der Waals surface area (Å²) in [7, 11) is 0. The standard InChI is InChI=1S/C10H8N2O/c1-2-3-8-10-7(4-5-11-10)9(13)6-12-8/h1,5-6,8H,3-4H2. The van der Waals surface area contributed by atoms with Crippen LogP contribution in [-0.4, -0.2) is 24.3 Å². The number of allylic oxidation sites excluding steroid dienone is 1. The molecule has 0 amide bonds. The SMILES string of the molecule is C#CCC1N=CC(=O)C2=C1N=CC2. The molecule has 0 N–H and O–H groups in total. The van der Waals surface area contributed by atoms with Gasteiger partial charge < -0.3 is 0 Å². The zero-order valence-corrected chi connectivity index (χ0v) is 7.03. The molecule has 0 saturated carbocycles. The summed E-state index contributed by atoms with van der Waals surface area (Å²) < 4.78 is 0. The van der Waals surface area contributed by atoms with E-state index in [4.69, 9.17) is 6.42 Å². The van der Waals surface area contributed by atoms with Crippen LogP contribution in [0.5, 0.6) is 0 Å². The fourth-order valence-electron chi connectivity index (χ4n) is 1.50. The van der Waals surface area contributed by atoms with E-state index in [9.17, 15) is 4.79 Å². The summed E-state index contributed by atoms with van der Waals surface area (Å²) in [4.78, 5) is 19.5. The first-order valence-electron chi connectivity index (χ1n) is 4.09. The van der Waals surface area contributed by atoms with Gasteiger partial charge in [-0.25, -0.2) is 0 Å². The summed E-state index contributed by atoms with van der Waals surface area (Å²) in [5, 5.41) is 0. The first-order valence-corrected chi connectivity index (χ1v) is 4.09. The Hall–Kier alpha value is -1.69.